The molecule has 4 nitrogen and oxygen atoms in total. The average molecular weight is 227 g/mol. The predicted octanol–water partition coefficient (Wildman–Crippen LogP) is 2.37. The third-order valence-corrected chi connectivity index (χ3v) is 3.05. The maximum atomic E-state index is 4.86. The topological polar surface area (TPSA) is 50.3 Å². The Morgan fingerprint density at radius 2 is 2.24 bits per heavy atom. The second-order valence-electron chi connectivity index (χ2n) is 4.05. The number of aryl methyl sites for hydroxylation is 1. The first-order valence-electron chi connectivity index (χ1n) is 5.62. The van der Waals surface area contributed by atoms with Crippen LogP contribution in [0.15, 0.2) is 35.6 Å². The molecular weight excluding hydrogens is 214 g/mol. The van der Waals surface area contributed by atoms with Crippen LogP contribution in [0.5, 0.6) is 0 Å². The summed E-state index contributed by atoms with van der Waals surface area (Å²) in [5.41, 5.74) is 5.68. The van der Waals surface area contributed by atoms with Gasteiger partial charge in [0.05, 0.1) is 11.4 Å². The molecule has 0 aliphatic heterocycles. The third kappa shape index (κ3) is 1.71. The molecule has 1 N–H and O–H groups in total. The van der Waals surface area contributed by atoms with Crippen LogP contribution in [0.1, 0.15) is 17.5 Å². The Morgan fingerprint density at radius 3 is 3.00 bits per heavy atom. The van der Waals surface area contributed by atoms with E-state index in [1.807, 2.05) is 12.3 Å². The lowest BCUT2D eigenvalue weighted by atomic mass is 10.0. The number of nitrogens with zero attached hydrogens (tertiary/aromatic N) is 2. The van der Waals surface area contributed by atoms with Gasteiger partial charge in [-0.1, -0.05) is 17.3 Å². The van der Waals surface area contributed by atoms with Crippen LogP contribution in [-0.2, 0) is 11.3 Å². The molecule has 86 valence electrons. The molecule has 0 fully saturated rings. The van der Waals surface area contributed by atoms with E-state index in [1.165, 1.54) is 11.1 Å². The predicted molar refractivity (Wildman–Crippen MR) is 65.9 cm³/mol. The van der Waals surface area contributed by atoms with E-state index in [9.17, 15) is 0 Å². The Hall–Kier alpha value is -2.10. The first-order chi connectivity index (χ1) is 8.38. The minimum absolute atomic E-state index is 0.952. The molecule has 2 aromatic rings. The first kappa shape index (κ1) is 10.1. The molecule has 0 atom stereocenters. The highest BCUT2D eigenvalue weighted by molar-refractivity contribution is 6.04. The van der Waals surface area contributed by atoms with Gasteiger partial charge in [-0.2, -0.15) is 5.10 Å². The van der Waals surface area contributed by atoms with Gasteiger partial charge in [-0.25, -0.2) is 0 Å². The lowest BCUT2D eigenvalue weighted by molar-refractivity contribution is 0.213. The highest BCUT2D eigenvalue weighted by Crippen LogP contribution is 2.27. The fourth-order valence-electron chi connectivity index (χ4n) is 2.26. The summed E-state index contributed by atoms with van der Waals surface area (Å²) in [5, 5.41) is 11.1. The molecule has 0 saturated carbocycles. The maximum Gasteiger partial charge on any atom is 0.106 e. The summed E-state index contributed by atoms with van der Waals surface area (Å²) in [5.74, 6) is 0. The Morgan fingerprint density at radius 1 is 1.29 bits per heavy atom. The minimum atomic E-state index is 0.952. The van der Waals surface area contributed by atoms with Crippen molar-refractivity contribution < 1.29 is 4.84 Å². The molecule has 17 heavy (non-hydrogen) atoms. The van der Waals surface area contributed by atoms with Crippen LogP contribution in [0, 0.1) is 0 Å². The third-order valence-electron chi connectivity index (χ3n) is 3.05. The number of H-pyrrole nitrogens is 1. The van der Waals surface area contributed by atoms with Gasteiger partial charge in [0.15, 0.2) is 0 Å². The molecular formula is C13H13N3O. The van der Waals surface area contributed by atoms with Gasteiger partial charge in [-0.15, -0.1) is 0 Å². The van der Waals surface area contributed by atoms with E-state index < -0.39 is 0 Å². The van der Waals surface area contributed by atoms with E-state index in [-0.39, 0.29) is 0 Å². The van der Waals surface area contributed by atoms with Crippen molar-refractivity contribution >= 4 is 5.71 Å². The molecule has 0 spiro atoms. The van der Waals surface area contributed by atoms with E-state index in [4.69, 9.17) is 4.84 Å². The van der Waals surface area contributed by atoms with E-state index in [2.05, 4.69) is 33.6 Å². The molecule has 0 radical (unpaired) electrons. The molecule has 0 amide bonds. The molecule has 1 aromatic carbocycles. The SMILES string of the molecule is CON=C1CCc2cc(-c3cc[nH]n3)ccc21. The average Bonchev–Trinajstić information content (AvgIpc) is 2.98. The van der Waals surface area contributed by atoms with Crippen molar-refractivity contribution in [3.05, 3.63) is 41.6 Å². The zero-order chi connectivity index (χ0) is 11.7. The quantitative estimate of drug-likeness (QED) is 0.801. The largest absolute Gasteiger partial charge is 0.399 e. The zero-order valence-corrected chi connectivity index (χ0v) is 9.60. The molecule has 0 saturated heterocycles. The van der Waals surface area contributed by atoms with Gasteiger partial charge in [0, 0.05) is 17.3 Å². The van der Waals surface area contributed by atoms with E-state index in [0.29, 0.717) is 0 Å². The zero-order valence-electron chi connectivity index (χ0n) is 9.60. The normalized spacial score (nSPS) is 16.2. The number of hydrogen-bond donors (Lipinski definition) is 1. The van der Waals surface area contributed by atoms with Crippen LogP contribution < -0.4 is 0 Å². The van der Waals surface area contributed by atoms with Crippen molar-refractivity contribution in [1.29, 1.82) is 0 Å². The van der Waals surface area contributed by atoms with Gasteiger partial charge in [0.1, 0.15) is 7.11 Å². The highest BCUT2D eigenvalue weighted by atomic mass is 16.6. The standard InChI is InChI=1S/C13H13N3O/c1-17-16-13-5-3-9-8-10(2-4-11(9)13)12-6-7-14-15-12/h2,4,6-8H,3,5H2,1H3,(H,14,15). The molecule has 1 aliphatic rings. The van der Waals surface area contributed by atoms with Crippen LogP contribution in [-0.4, -0.2) is 23.0 Å². The Labute approximate surface area is 99.3 Å². The number of benzene rings is 1. The summed E-state index contributed by atoms with van der Waals surface area (Å²) in [6.45, 7) is 0. The second kappa shape index (κ2) is 4.05. The summed E-state index contributed by atoms with van der Waals surface area (Å²) in [6.07, 6.45) is 3.81. The van der Waals surface area contributed by atoms with Crippen LogP contribution >= 0.6 is 0 Å². The van der Waals surface area contributed by atoms with Crippen molar-refractivity contribution in [2.75, 3.05) is 7.11 Å². The summed E-state index contributed by atoms with van der Waals surface area (Å²) < 4.78 is 0. The van der Waals surface area contributed by atoms with Crippen LogP contribution in [0.25, 0.3) is 11.3 Å². The molecule has 4 heteroatoms. The number of aromatic nitrogens is 2. The van der Waals surface area contributed by atoms with Gasteiger partial charge in [0.2, 0.25) is 0 Å². The fraction of sp³-hybridized carbons (Fsp3) is 0.231. The Bertz CT molecular complexity index is 558. The summed E-state index contributed by atoms with van der Waals surface area (Å²) >= 11 is 0. The van der Waals surface area contributed by atoms with Crippen molar-refractivity contribution in [1.82, 2.24) is 10.2 Å². The number of oxime groups is 1. The molecule has 1 aromatic heterocycles. The molecule has 0 bridgehead atoms. The number of nitrogens with one attached hydrogen (secondary N) is 1. The van der Waals surface area contributed by atoms with E-state index in [0.717, 1.165) is 29.8 Å². The maximum absolute atomic E-state index is 4.86. The lowest BCUT2D eigenvalue weighted by Gasteiger charge is -2.02. The lowest BCUT2D eigenvalue weighted by Crippen LogP contribution is -1.95. The van der Waals surface area contributed by atoms with Crippen LogP contribution in [0.4, 0.5) is 0 Å². The molecule has 1 aliphatic carbocycles. The fourth-order valence-corrected chi connectivity index (χ4v) is 2.26. The van der Waals surface area contributed by atoms with Crippen molar-refractivity contribution in [3.8, 4) is 11.3 Å². The summed E-state index contributed by atoms with van der Waals surface area (Å²) in [6, 6.07) is 8.33. The van der Waals surface area contributed by atoms with Crippen molar-refractivity contribution in [2.24, 2.45) is 5.16 Å². The summed E-state index contributed by atoms with van der Waals surface area (Å²) in [7, 11) is 1.59. The van der Waals surface area contributed by atoms with Gasteiger partial charge in [0.25, 0.3) is 0 Å². The van der Waals surface area contributed by atoms with Gasteiger partial charge >= 0.3 is 0 Å². The van der Waals surface area contributed by atoms with Crippen molar-refractivity contribution in [2.45, 2.75) is 12.8 Å². The monoisotopic (exact) mass is 227 g/mol. The van der Waals surface area contributed by atoms with E-state index >= 15 is 0 Å². The van der Waals surface area contributed by atoms with E-state index in [1.54, 1.807) is 7.11 Å². The van der Waals surface area contributed by atoms with Gasteiger partial charge < -0.3 is 4.84 Å². The molecule has 3 rings (SSSR count). The Balaban J connectivity index is 2.02. The smallest absolute Gasteiger partial charge is 0.106 e. The van der Waals surface area contributed by atoms with Gasteiger partial charge in [-0.3, -0.25) is 5.10 Å². The number of fused-ring (bicyclic) bond motifs is 1. The summed E-state index contributed by atoms with van der Waals surface area (Å²) in [4.78, 5) is 4.86. The number of rotatable bonds is 2. The number of hydrogen-bond acceptors (Lipinski definition) is 3. The molecule has 1 heterocycles. The minimum Gasteiger partial charge on any atom is -0.399 e. The Kier molecular flexibility index (Phi) is 2.40. The first-order valence-corrected chi connectivity index (χ1v) is 5.62. The highest BCUT2D eigenvalue weighted by Gasteiger charge is 2.19. The second-order valence-corrected chi connectivity index (χ2v) is 4.05. The van der Waals surface area contributed by atoms with Crippen LogP contribution in [0.3, 0.4) is 0 Å². The molecule has 0 unspecified atom stereocenters. The van der Waals surface area contributed by atoms with Gasteiger partial charge in [-0.05, 0) is 30.5 Å². The van der Waals surface area contributed by atoms with Crippen LogP contribution in [0.2, 0.25) is 0 Å². The number of aromatic amines is 1. The van der Waals surface area contributed by atoms with Crippen molar-refractivity contribution in [3.63, 3.8) is 0 Å².